The molecule has 0 bridgehead atoms. The maximum atomic E-state index is 14.4. The second-order valence-electron chi connectivity index (χ2n) is 11.6. The summed E-state index contributed by atoms with van der Waals surface area (Å²) in [5.74, 6) is 0. The van der Waals surface area contributed by atoms with Crippen molar-refractivity contribution in [1.29, 1.82) is 0 Å². The average molecular weight is 609 g/mol. The molecular formula is C40H24N4OS. The first-order chi connectivity index (χ1) is 22.7. The Bertz CT molecular complexity index is 2880. The van der Waals surface area contributed by atoms with Gasteiger partial charge in [-0.25, -0.2) is 9.38 Å². The zero-order valence-corrected chi connectivity index (χ0v) is 25.3. The molecule has 0 saturated heterocycles. The van der Waals surface area contributed by atoms with Crippen LogP contribution >= 0.6 is 11.3 Å². The molecule has 0 N–H and O–H groups in total. The van der Waals surface area contributed by atoms with Crippen molar-refractivity contribution in [2.75, 3.05) is 0 Å². The summed E-state index contributed by atoms with van der Waals surface area (Å²) in [4.78, 5) is 20.2. The highest BCUT2D eigenvalue weighted by Crippen LogP contribution is 2.37. The van der Waals surface area contributed by atoms with E-state index in [1.54, 1.807) is 15.7 Å². The molecule has 5 nitrogen and oxygen atoms in total. The number of nitrogens with zero attached hydrogens (tertiary/aromatic N) is 4. The van der Waals surface area contributed by atoms with Gasteiger partial charge in [-0.2, -0.15) is 0 Å². The lowest BCUT2D eigenvalue weighted by atomic mass is 10.0. The van der Waals surface area contributed by atoms with E-state index in [9.17, 15) is 4.79 Å². The monoisotopic (exact) mass is 608 g/mol. The summed E-state index contributed by atoms with van der Waals surface area (Å²) in [6.45, 7) is 0. The third kappa shape index (κ3) is 3.50. The fourth-order valence-corrected chi connectivity index (χ4v) is 8.12. The van der Waals surface area contributed by atoms with Gasteiger partial charge < -0.3 is 9.13 Å². The average Bonchev–Trinajstić information content (AvgIpc) is 3.76. The standard InChI is InChI=1S/C40H24N4OS/c45-39-38-37(30-16-8-10-18-33(30)43(38)28-13-5-2-6-14-28)41-40-44(39)35-22-20-26(24-36(35)46-40)25-19-21-34-31(23-25)29-15-7-9-17-32(29)42(34)27-11-3-1-4-12-27/h1-24H. The number of fused-ring (bicyclic) bond motifs is 9. The van der Waals surface area contributed by atoms with Gasteiger partial charge in [0.15, 0.2) is 4.96 Å². The van der Waals surface area contributed by atoms with Crippen molar-refractivity contribution in [2.24, 2.45) is 0 Å². The Hall–Kier alpha value is -5.98. The van der Waals surface area contributed by atoms with E-state index in [-0.39, 0.29) is 5.56 Å². The molecule has 6 heteroatoms. The van der Waals surface area contributed by atoms with E-state index in [1.165, 1.54) is 21.8 Å². The Labute approximate surface area is 266 Å². The maximum Gasteiger partial charge on any atom is 0.283 e. The molecule has 4 aromatic heterocycles. The number of thiazole rings is 1. The molecule has 0 amide bonds. The number of hydrogen-bond acceptors (Lipinski definition) is 3. The summed E-state index contributed by atoms with van der Waals surface area (Å²) in [6, 6.07) is 50.4. The third-order valence-electron chi connectivity index (χ3n) is 9.09. The highest BCUT2D eigenvalue weighted by atomic mass is 32.1. The molecule has 0 radical (unpaired) electrons. The van der Waals surface area contributed by atoms with Crippen molar-refractivity contribution in [1.82, 2.24) is 18.5 Å². The van der Waals surface area contributed by atoms with E-state index in [0.29, 0.717) is 10.5 Å². The SMILES string of the molecule is O=c1c2c(nc3sc4cc(-c5ccc6c(c5)c5ccccc5n6-c5ccccc5)ccc4n13)c1ccccc1n2-c1ccccc1. The minimum absolute atomic E-state index is 0.0609. The van der Waals surface area contributed by atoms with Crippen LogP contribution in [0.3, 0.4) is 0 Å². The van der Waals surface area contributed by atoms with Crippen LogP contribution in [-0.4, -0.2) is 18.5 Å². The van der Waals surface area contributed by atoms with Gasteiger partial charge in [0.05, 0.1) is 26.8 Å². The molecule has 6 aromatic carbocycles. The first kappa shape index (κ1) is 25.4. The molecule has 10 rings (SSSR count). The lowest BCUT2D eigenvalue weighted by Crippen LogP contribution is -2.16. The molecular weight excluding hydrogens is 585 g/mol. The van der Waals surface area contributed by atoms with Gasteiger partial charge in [0, 0.05) is 27.5 Å². The first-order valence-electron chi connectivity index (χ1n) is 15.3. The third-order valence-corrected chi connectivity index (χ3v) is 10.1. The molecule has 0 atom stereocenters. The van der Waals surface area contributed by atoms with Crippen LogP contribution in [0.15, 0.2) is 150 Å². The molecule has 0 spiro atoms. The second-order valence-corrected chi connectivity index (χ2v) is 12.6. The number of hydrogen-bond donors (Lipinski definition) is 0. The van der Waals surface area contributed by atoms with Gasteiger partial charge in [-0.05, 0) is 71.8 Å². The van der Waals surface area contributed by atoms with E-state index in [4.69, 9.17) is 4.98 Å². The van der Waals surface area contributed by atoms with E-state index in [2.05, 4.69) is 108 Å². The summed E-state index contributed by atoms with van der Waals surface area (Å²) in [5, 5.41) is 3.41. The second kappa shape index (κ2) is 9.51. The van der Waals surface area contributed by atoms with Crippen LogP contribution in [-0.2, 0) is 0 Å². The lowest BCUT2D eigenvalue weighted by Gasteiger charge is -2.08. The highest BCUT2D eigenvalue weighted by molar-refractivity contribution is 7.23. The van der Waals surface area contributed by atoms with Crippen molar-refractivity contribution in [3.63, 3.8) is 0 Å². The lowest BCUT2D eigenvalue weighted by molar-refractivity contribution is 1.10. The van der Waals surface area contributed by atoms with Gasteiger partial charge in [0.1, 0.15) is 11.0 Å². The summed E-state index contributed by atoms with van der Waals surface area (Å²) in [5.41, 5.74) is 9.79. The van der Waals surface area contributed by atoms with Crippen molar-refractivity contribution in [3.05, 3.63) is 156 Å². The smallest absolute Gasteiger partial charge is 0.283 e. The molecule has 0 aliphatic rings. The fraction of sp³-hybridized carbons (Fsp3) is 0. The normalized spacial score (nSPS) is 12.0. The van der Waals surface area contributed by atoms with Crippen LogP contribution in [0.1, 0.15) is 0 Å². The van der Waals surface area contributed by atoms with Crippen LogP contribution < -0.4 is 5.56 Å². The van der Waals surface area contributed by atoms with Gasteiger partial charge >= 0.3 is 0 Å². The number of rotatable bonds is 3. The molecule has 10 aromatic rings. The van der Waals surface area contributed by atoms with Crippen LogP contribution in [0.25, 0.3) is 81.4 Å². The topological polar surface area (TPSA) is 44.2 Å². The van der Waals surface area contributed by atoms with E-state index < -0.39 is 0 Å². The first-order valence-corrected chi connectivity index (χ1v) is 16.1. The summed E-state index contributed by atoms with van der Waals surface area (Å²) < 4.78 is 7.18. The molecule has 0 aliphatic carbocycles. The molecule has 0 saturated carbocycles. The number of aromatic nitrogens is 4. The Kier molecular flexibility index (Phi) is 5.24. The van der Waals surface area contributed by atoms with Gasteiger partial charge in [-0.15, -0.1) is 0 Å². The zero-order valence-electron chi connectivity index (χ0n) is 24.5. The summed E-state index contributed by atoms with van der Waals surface area (Å²) in [7, 11) is 0. The molecule has 0 unspecified atom stereocenters. The van der Waals surface area contributed by atoms with Crippen molar-refractivity contribution < 1.29 is 0 Å². The predicted molar refractivity (Wildman–Crippen MR) is 191 cm³/mol. The van der Waals surface area contributed by atoms with Crippen molar-refractivity contribution in [3.8, 4) is 22.5 Å². The summed E-state index contributed by atoms with van der Waals surface area (Å²) >= 11 is 1.56. The quantitative estimate of drug-likeness (QED) is 0.200. The van der Waals surface area contributed by atoms with Crippen LogP contribution in [0.4, 0.5) is 0 Å². The predicted octanol–water partition coefficient (Wildman–Crippen LogP) is 9.77. The van der Waals surface area contributed by atoms with Crippen LogP contribution in [0.5, 0.6) is 0 Å². The highest BCUT2D eigenvalue weighted by Gasteiger charge is 2.21. The Morgan fingerprint density at radius 2 is 1.07 bits per heavy atom. The van der Waals surface area contributed by atoms with E-state index >= 15 is 0 Å². The van der Waals surface area contributed by atoms with Gasteiger partial charge in [-0.3, -0.25) is 4.79 Å². The Morgan fingerprint density at radius 1 is 0.500 bits per heavy atom. The molecule has 4 heterocycles. The summed E-state index contributed by atoms with van der Waals surface area (Å²) in [6.07, 6.45) is 0. The van der Waals surface area contributed by atoms with Crippen molar-refractivity contribution in [2.45, 2.75) is 0 Å². The molecule has 46 heavy (non-hydrogen) atoms. The molecule has 216 valence electrons. The molecule has 0 fully saturated rings. The van der Waals surface area contributed by atoms with Gasteiger partial charge in [0.2, 0.25) is 0 Å². The fourth-order valence-electron chi connectivity index (χ4n) is 7.06. The Balaban J connectivity index is 1.19. The largest absolute Gasteiger partial charge is 0.309 e. The van der Waals surface area contributed by atoms with E-state index in [1.807, 2.05) is 47.0 Å². The van der Waals surface area contributed by atoms with Crippen LogP contribution in [0.2, 0.25) is 0 Å². The minimum Gasteiger partial charge on any atom is -0.309 e. The zero-order chi connectivity index (χ0) is 30.4. The van der Waals surface area contributed by atoms with Crippen molar-refractivity contribution >= 4 is 70.3 Å². The molecule has 0 aliphatic heterocycles. The number of para-hydroxylation sites is 4. The minimum atomic E-state index is -0.0609. The Morgan fingerprint density at radius 3 is 1.80 bits per heavy atom. The maximum absolute atomic E-state index is 14.4. The van der Waals surface area contributed by atoms with Gasteiger partial charge in [-0.1, -0.05) is 96.3 Å². The number of benzene rings is 6. The van der Waals surface area contributed by atoms with E-state index in [0.717, 1.165) is 49.1 Å². The van der Waals surface area contributed by atoms with Crippen LogP contribution in [0, 0.1) is 0 Å². The van der Waals surface area contributed by atoms with Gasteiger partial charge in [0.25, 0.3) is 5.56 Å².